The molecule has 0 amide bonds. The van der Waals surface area contributed by atoms with Crippen molar-refractivity contribution in [3.63, 3.8) is 0 Å². The first kappa shape index (κ1) is 37.8. The SMILES string of the molecule is Fc1ccc(-c2c3cc4c(cc3c(-c3ccc(F)cc3)c3c5ccc6c7ccc8c9c(ccc(c%10ccc(c23)c5c%106)c97)-c2cc3ccccc3cc2-8)c2ccc(Oc3ccccc3)c3cccc4c32)cc1. The van der Waals surface area contributed by atoms with Crippen LogP contribution >= 0.6 is 0 Å². The minimum Gasteiger partial charge on any atom is -0.457 e. The van der Waals surface area contributed by atoms with Crippen LogP contribution in [0.1, 0.15) is 0 Å². The molecule has 0 radical (unpaired) electrons. The Labute approximate surface area is 404 Å². The lowest BCUT2D eigenvalue weighted by molar-refractivity contribution is 0.488. The van der Waals surface area contributed by atoms with Gasteiger partial charge in [0.1, 0.15) is 23.1 Å². The lowest BCUT2D eigenvalue weighted by atomic mass is 9.85. The fourth-order valence-electron chi connectivity index (χ4n) is 13.3. The predicted molar refractivity (Wildman–Crippen MR) is 294 cm³/mol. The highest BCUT2D eigenvalue weighted by molar-refractivity contribution is 6.47. The van der Waals surface area contributed by atoms with Crippen LogP contribution in [0.2, 0.25) is 0 Å². The molecule has 0 bridgehead atoms. The Hall–Kier alpha value is -9.18. The van der Waals surface area contributed by atoms with Crippen molar-refractivity contribution in [1.82, 2.24) is 0 Å². The molecule has 1 aliphatic rings. The van der Waals surface area contributed by atoms with E-state index in [1.54, 1.807) is 24.3 Å². The van der Waals surface area contributed by atoms with E-state index in [2.05, 4.69) is 127 Å². The molecule has 0 aromatic heterocycles. The van der Waals surface area contributed by atoms with E-state index < -0.39 is 0 Å². The second-order valence-corrected chi connectivity index (χ2v) is 19.6. The van der Waals surface area contributed by atoms with Crippen LogP contribution in [-0.4, -0.2) is 0 Å². The zero-order valence-corrected chi connectivity index (χ0v) is 37.8. The first-order chi connectivity index (χ1) is 35.0. The van der Waals surface area contributed by atoms with Gasteiger partial charge in [0.2, 0.25) is 0 Å². The number of hydrogen-bond donors (Lipinski definition) is 0. The molecule has 0 spiro atoms. The minimum atomic E-state index is -0.282. The van der Waals surface area contributed by atoms with E-state index in [9.17, 15) is 0 Å². The molecule has 0 saturated carbocycles. The van der Waals surface area contributed by atoms with Crippen LogP contribution in [-0.2, 0) is 0 Å². The van der Waals surface area contributed by atoms with Gasteiger partial charge in [0.05, 0.1) is 0 Å². The molecule has 71 heavy (non-hydrogen) atoms. The third-order valence-electron chi connectivity index (χ3n) is 16.2. The number of halogens is 2. The number of ether oxygens (including phenoxy) is 1. The van der Waals surface area contributed by atoms with Crippen LogP contribution in [0.5, 0.6) is 11.5 Å². The smallest absolute Gasteiger partial charge is 0.135 e. The van der Waals surface area contributed by atoms with E-state index in [4.69, 9.17) is 4.74 Å². The quantitative estimate of drug-likeness (QED) is 0.126. The van der Waals surface area contributed by atoms with Crippen LogP contribution in [0.3, 0.4) is 0 Å². The summed E-state index contributed by atoms with van der Waals surface area (Å²) < 4.78 is 36.6. The fourth-order valence-corrected chi connectivity index (χ4v) is 13.3. The van der Waals surface area contributed by atoms with Crippen LogP contribution in [0.25, 0.3) is 163 Å². The Morgan fingerprint density at radius 1 is 0.254 bits per heavy atom. The van der Waals surface area contributed by atoms with E-state index in [1.165, 1.54) is 76.1 Å². The number of rotatable bonds is 4. The summed E-state index contributed by atoms with van der Waals surface area (Å²) in [5, 5.41) is 25.9. The average Bonchev–Trinajstić information content (AvgIpc) is 4.03. The molecule has 0 atom stereocenters. The number of para-hydroxylation sites is 1. The topological polar surface area (TPSA) is 9.23 Å². The van der Waals surface area contributed by atoms with Gasteiger partial charge in [0.25, 0.3) is 0 Å². The molecule has 1 aliphatic carbocycles. The van der Waals surface area contributed by atoms with Gasteiger partial charge in [-0.2, -0.15) is 0 Å². The van der Waals surface area contributed by atoms with E-state index in [0.29, 0.717) is 0 Å². The van der Waals surface area contributed by atoms with Crippen molar-refractivity contribution >= 4 is 118 Å². The standard InChI is InChI=1S/C68H34F2O/c69-39-17-13-35(14-18-39)60-57-33-55-42-11-6-12-50-59(71-41-9-2-1-3-10-41)30-29-47(62(42)50)56(55)34-58(57)61(36-15-19-40(70)20-16-36)68-52-28-26-46-44-22-24-49-54-32-38-8-5-4-7-37(38)31-53(54)48-23-21-43(63(44)65(48)49)45-25-27-51(67(60)68)66(52)64(45)46/h1-34H. The predicted octanol–water partition coefficient (Wildman–Crippen LogP) is 19.7. The second-order valence-electron chi connectivity index (χ2n) is 19.6. The van der Waals surface area contributed by atoms with Gasteiger partial charge in [0.15, 0.2) is 0 Å². The van der Waals surface area contributed by atoms with Crippen molar-refractivity contribution in [1.29, 1.82) is 0 Å². The lowest BCUT2D eigenvalue weighted by Gasteiger charge is -2.17. The van der Waals surface area contributed by atoms with Crippen molar-refractivity contribution < 1.29 is 13.5 Å². The van der Waals surface area contributed by atoms with Crippen molar-refractivity contribution in [2.45, 2.75) is 0 Å². The molecule has 3 heteroatoms. The van der Waals surface area contributed by atoms with Crippen LogP contribution in [0.15, 0.2) is 206 Å². The lowest BCUT2D eigenvalue weighted by Crippen LogP contribution is -1.90. The van der Waals surface area contributed by atoms with Crippen molar-refractivity contribution in [3.05, 3.63) is 218 Å². The summed E-state index contributed by atoms with van der Waals surface area (Å²) in [4.78, 5) is 0. The van der Waals surface area contributed by atoms with Gasteiger partial charge in [-0.15, -0.1) is 0 Å². The highest BCUT2D eigenvalue weighted by atomic mass is 19.1. The molecule has 0 saturated heterocycles. The first-order valence-corrected chi connectivity index (χ1v) is 24.3. The Morgan fingerprint density at radius 2 is 0.690 bits per heavy atom. The van der Waals surface area contributed by atoms with Crippen LogP contribution in [0, 0.1) is 11.6 Å². The van der Waals surface area contributed by atoms with Gasteiger partial charge in [-0.1, -0.05) is 133 Å². The maximum Gasteiger partial charge on any atom is 0.135 e. The molecule has 0 N–H and O–H groups in total. The third-order valence-corrected chi connectivity index (χ3v) is 16.2. The van der Waals surface area contributed by atoms with Crippen molar-refractivity contribution in [3.8, 4) is 56.0 Å². The highest BCUT2D eigenvalue weighted by Crippen LogP contribution is 2.58. The summed E-state index contributed by atoms with van der Waals surface area (Å²) in [6.07, 6.45) is 0. The molecular weight excluding hydrogens is 871 g/mol. The van der Waals surface area contributed by atoms with E-state index >= 15 is 8.78 Å². The summed E-state index contributed by atoms with van der Waals surface area (Å²) in [6, 6.07) is 71.5. The van der Waals surface area contributed by atoms with E-state index in [1.807, 2.05) is 54.6 Å². The van der Waals surface area contributed by atoms with E-state index in [0.717, 1.165) is 98.4 Å². The normalized spacial score (nSPS) is 12.6. The maximum absolute atomic E-state index is 15.0. The molecule has 0 aliphatic heterocycles. The maximum atomic E-state index is 15.0. The third kappa shape index (κ3) is 4.83. The van der Waals surface area contributed by atoms with Crippen molar-refractivity contribution in [2.24, 2.45) is 0 Å². The van der Waals surface area contributed by atoms with Gasteiger partial charge < -0.3 is 4.74 Å². The molecule has 0 heterocycles. The second kappa shape index (κ2) is 13.3. The minimum absolute atomic E-state index is 0.282. The van der Waals surface area contributed by atoms with Crippen molar-refractivity contribution in [2.75, 3.05) is 0 Å². The number of fused-ring (bicyclic) bond motifs is 13. The summed E-state index contributed by atoms with van der Waals surface area (Å²) in [7, 11) is 0. The molecule has 326 valence electrons. The Bertz CT molecular complexity index is 4750. The molecule has 17 rings (SSSR count). The van der Waals surface area contributed by atoms with E-state index in [-0.39, 0.29) is 11.6 Å². The number of hydrogen-bond acceptors (Lipinski definition) is 1. The molecule has 0 fully saturated rings. The van der Waals surface area contributed by atoms with Gasteiger partial charge in [0, 0.05) is 10.8 Å². The fraction of sp³-hybridized carbons (Fsp3) is 0. The zero-order valence-electron chi connectivity index (χ0n) is 37.8. The molecule has 1 nitrogen and oxygen atoms in total. The molecule has 0 unspecified atom stereocenters. The van der Waals surface area contributed by atoms with Gasteiger partial charge in [-0.25, -0.2) is 8.78 Å². The van der Waals surface area contributed by atoms with Crippen LogP contribution < -0.4 is 4.74 Å². The van der Waals surface area contributed by atoms with Gasteiger partial charge in [-0.3, -0.25) is 0 Å². The zero-order chi connectivity index (χ0) is 46.4. The Morgan fingerprint density at radius 3 is 1.25 bits per heavy atom. The molecule has 16 aromatic carbocycles. The molecule has 16 aromatic rings. The molecular formula is C68H34F2O. The van der Waals surface area contributed by atoms with Crippen LogP contribution in [0.4, 0.5) is 8.78 Å². The first-order valence-electron chi connectivity index (χ1n) is 24.3. The van der Waals surface area contributed by atoms with Gasteiger partial charge in [-0.05, 0) is 225 Å². The summed E-state index contributed by atoms with van der Waals surface area (Å²) in [6.45, 7) is 0. The largest absolute Gasteiger partial charge is 0.457 e. The summed E-state index contributed by atoms with van der Waals surface area (Å²) in [5.74, 6) is 1.02. The van der Waals surface area contributed by atoms with Gasteiger partial charge >= 0.3 is 0 Å². The summed E-state index contributed by atoms with van der Waals surface area (Å²) >= 11 is 0. The Kier molecular flexibility index (Phi) is 7.08. The summed E-state index contributed by atoms with van der Waals surface area (Å²) in [5.41, 5.74) is 9.13. The number of benzene rings is 14. The average molecular weight is 905 g/mol. The monoisotopic (exact) mass is 904 g/mol. The highest BCUT2D eigenvalue weighted by Gasteiger charge is 2.29. The Balaban J connectivity index is 1.03.